The average Bonchev–Trinajstić information content (AvgIpc) is 2.07. The Bertz CT molecular complexity index is 363. The Kier molecular flexibility index (Phi) is 2.97. The van der Waals surface area contributed by atoms with Gasteiger partial charge in [-0.3, -0.25) is 15.1 Å². The van der Waals surface area contributed by atoms with Crippen molar-refractivity contribution >= 4 is 17.7 Å². The Morgan fingerprint density at radius 3 is 2.92 bits per heavy atom. The largest absolute Gasteiger partial charge is 0.264 e. The summed E-state index contributed by atoms with van der Waals surface area (Å²) in [5.41, 5.74) is 1.35. The highest BCUT2D eigenvalue weighted by molar-refractivity contribution is 6.32. The summed E-state index contributed by atoms with van der Waals surface area (Å²) in [6, 6.07) is 0. The van der Waals surface area contributed by atoms with E-state index in [9.17, 15) is 10.1 Å². The Morgan fingerprint density at radius 1 is 1.62 bits per heavy atom. The number of hydrogen-bond acceptors (Lipinski definition) is 3. The number of aromatic nitrogens is 1. The number of hydrogen-bond donors (Lipinski definition) is 0. The molecule has 0 amide bonds. The van der Waals surface area contributed by atoms with Gasteiger partial charge in [-0.1, -0.05) is 11.6 Å². The Morgan fingerprint density at radius 2 is 2.31 bits per heavy atom. The fourth-order valence-electron chi connectivity index (χ4n) is 0.828. The molecule has 0 aromatic carbocycles. The quantitative estimate of drug-likeness (QED) is 0.541. The number of rotatable bonds is 2. The third kappa shape index (κ3) is 2.52. The Labute approximate surface area is 80.0 Å². The fraction of sp³-hybridized carbons (Fsp3) is 0.125. The Balaban J connectivity index is 3.02. The minimum atomic E-state index is -0.543. The number of aryl methyl sites for hydroxylation is 1. The first-order valence-electron chi connectivity index (χ1n) is 3.53. The van der Waals surface area contributed by atoms with E-state index < -0.39 is 4.92 Å². The van der Waals surface area contributed by atoms with Crippen LogP contribution in [0.2, 0.25) is 5.02 Å². The van der Waals surface area contributed by atoms with E-state index in [0.717, 1.165) is 11.8 Å². The van der Waals surface area contributed by atoms with Crippen LogP contribution in [0.15, 0.2) is 18.6 Å². The van der Waals surface area contributed by atoms with Gasteiger partial charge in [-0.2, -0.15) is 0 Å². The minimum Gasteiger partial charge on any atom is -0.264 e. The predicted molar refractivity (Wildman–Crippen MR) is 50.0 cm³/mol. The second-order valence-electron chi connectivity index (χ2n) is 2.46. The smallest absolute Gasteiger partial charge is 0.235 e. The fourth-order valence-corrected chi connectivity index (χ4v) is 0.988. The van der Waals surface area contributed by atoms with Gasteiger partial charge in [0, 0.05) is 24.0 Å². The lowest BCUT2D eigenvalue weighted by atomic mass is 10.2. The van der Waals surface area contributed by atoms with E-state index in [1.165, 1.54) is 12.3 Å². The molecule has 0 aliphatic carbocycles. The number of nitrogens with zero attached hydrogens (tertiary/aromatic N) is 2. The minimum absolute atomic E-state index is 0.494. The lowest BCUT2D eigenvalue weighted by Crippen LogP contribution is -1.86. The van der Waals surface area contributed by atoms with Gasteiger partial charge in [0.25, 0.3) is 0 Å². The van der Waals surface area contributed by atoms with Crippen LogP contribution in [0.25, 0.3) is 6.08 Å². The van der Waals surface area contributed by atoms with E-state index in [1.54, 1.807) is 13.1 Å². The summed E-state index contributed by atoms with van der Waals surface area (Å²) in [6.45, 7) is 1.79. The summed E-state index contributed by atoms with van der Waals surface area (Å²) < 4.78 is 0. The first-order valence-corrected chi connectivity index (χ1v) is 3.91. The summed E-state index contributed by atoms with van der Waals surface area (Å²) in [5.74, 6) is 0. The van der Waals surface area contributed by atoms with Crippen LogP contribution in [0.1, 0.15) is 11.1 Å². The first-order chi connectivity index (χ1) is 6.11. The lowest BCUT2D eigenvalue weighted by molar-refractivity contribution is -0.400. The van der Waals surface area contributed by atoms with Crippen molar-refractivity contribution < 1.29 is 4.92 Å². The molecule has 0 unspecified atom stereocenters. The maximum atomic E-state index is 10.0. The molecule has 1 aromatic heterocycles. The molecular weight excluding hydrogens is 192 g/mol. The molecule has 0 saturated heterocycles. The molecule has 0 radical (unpaired) electrons. The van der Waals surface area contributed by atoms with Crippen LogP contribution in [0.5, 0.6) is 0 Å². The van der Waals surface area contributed by atoms with Gasteiger partial charge in [0.2, 0.25) is 6.20 Å². The topological polar surface area (TPSA) is 56.0 Å². The molecule has 1 heterocycles. The number of pyridine rings is 1. The van der Waals surface area contributed by atoms with Crippen LogP contribution in [0.3, 0.4) is 0 Å². The molecule has 68 valence electrons. The third-order valence-electron chi connectivity index (χ3n) is 1.46. The molecule has 5 heteroatoms. The summed E-state index contributed by atoms with van der Waals surface area (Å²) in [4.78, 5) is 13.3. The summed E-state index contributed by atoms with van der Waals surface area (Å²) in [7, 11) is 0. The second kappa shape index (κ2) is 4.00. The zero-order valence-corrected chi connectivity index (χ0v) is 7.65. The van der Waals surface area contributed by atoms with Crippen molar-refractivity contribution in [1.29, 1.82) is 0 Å². The summed E-state index contributed by atoms with van der Waals surface area (Å²) in [5, 5.41) is 10.5. The van der Waals surface area contributed by atoms with Crippen LogP contribution >= 0.6 is 11.6 Å². The molecule has 0 atom stereocenters. The normalized spacial score (nSPS) is 10.6. The van der Waals surface area contributed by atoms with Crippen molar-refractivity contribution in [2.45, 2.75) is 6.92 Å². The van der Waals surface area contributed by atoms with Crippen LogP contribution in [-0.2, 0) is 0 Å². The van der Waals surface area contributed by atoms with Crippen molar-refractivity contribution in [1.82, 2.24) is 4.98 Å². The summed E-state index contributed by atoms with van der Waals surface area (Å²) in [6.07, 6.45) is 5.24. The molecule has 0 N–H and O–H groups in total. The van der Waals surface area contributed by atoms with Crippen molar-refractivity contribution in [3.05, 3.63) is 44.9 Å². The van der Waals surface area contributed by atoms with Crippen LogP contribution in [-0.4, -0.2) is 9.91 Å². The van der Waals surface area contributed by atoms with Gasteiger partial charge in [-0.05, 0) is 12.5 Å². The van der Waals surface area contributed by atoms with Crippen molar-refractivity contribution in [2.75, 3.05) is 0 Å². The maximum absolute atomic E-state index is 10.0. The lowest BCUT2D eigenvalue weighted by Gasteiger charge is -1.98. The average molecular weight is 199 g/mol. The zero-order chi connectivity index (χ0) is 9.84. The van der Waals surface area contributed by atoms with E-state index in [2.05, 4.69) is 4.98 Å². The summed E-state index contributed by atoms with van der Waals surface area (Å²) >= 11 is 5.86. The van der Waals surface area contributed by atoms with E-state index in [0.29, 0.717) is 10.6 Å². The molecule has 0 saturated carbocycles. The van der Waals surface area contributed by atoms with Gasteiger partial charge < -0.3 is 0 Å². The highest BCUT2D eigenvalue weighted by Crippen LogP contribution is 2.19. The van der Waals surface area contributed by atoms with E-state index in [1.807, 2.05) is 0 Å². The number of halogens is 1. The molecule has 0 bridgehead atoms. The molecule has 0 aliphatic heterocycles. The van der Waals surface area contributed by atoms with Gasteiger partial charge in [0.1, 0.15) is 0 Å². The highest BCUT2D eigenvalue weighted by Gasteiger charge is 2.00. The van der Waals surface area contributed by atoms with Gasteiger partial charge >= 0.3 is 0 Å². The van der Waals surface area contributed by atoms with Crippen LogP contribution in [0.4, 0.5) is 0 Å². The molecular formula is C8H7ClN2O2. The molecule has 1 rings (SSSR count). The van der Waals surface area contributed by atoms with Gasteiger partial charge in [-0.25, -0.2) is 0 Å². The molecule has 0 spiro atoms. The van der Waals surface area contributed by atoms with Gasteiger partial charge in [-0.15, -0.1) is 0 Å². The van der Waals surface area contributed by atoms with Gasteiger partial charge in [0.15, 0.2) is 0 Å². The SMILES string of the molecule is Cc1cncc(/C=C/[N+](=O)[O-])c1Cl. The Hall–Kier alpha value is -1.42. The maximum Gasteiger partial charge on any atom is 0.235 e. The molecule has 0 aliphatic rings. The second-order valence-corrected chi connectivity index (χ2v) is 2.84. The zero-order valence-electron chi connectivity index (χ0n) is 6.90. The van der Waals surface area contributed by atoms with Gasteiger partial charge in [0.05, 0.1) is 9.95 Å². The number of nitro groups is 1. The molecule has 13 heavy (non-hydrogen) atoms. The standard InChI is InChI=1S/C8H7ClN2O2/c1-6-4-10-5-7(8(6)9)2-3-11(12)13/h2-5H,1H3/b3-2+. The molecule has 0 fully saturated rings. The van der Waals surface area contributed by atoms with E-state index in [4.69, 9.17) is 11.6 Å². The van der Waals surface area contributed by atoms with Crippen LogP contribution < -0.4 is 0 Å². The van der Waals surface area contributed by atoms with Crippen molar-refractivity contribution in [3.8, 4) is 0 Å². The first kappa shape index (κ1) is 9.67. The molecule has 4 nitrogen and oxygen atoms in total. The van der Waals surface area contributed by atoms with Crippen LogP contribution in [0, 0.1) is 17.0 Å². The highest BCUT2D eigenvalue weighted by atomic mass is 35.5. The van der Waals surface area contributed by atoms with Crippen molar-refractivity contribution in [2.24, 2.45) is 0 Å². The third-order valence-corrected chi connectivity index (χ3v) is 1.97. The van der Waals surface area contributed by atoms with E-state index >= 15 is 0 Å². The monoisotopic (exact) mass is 198 g/mol. The molecule has 1 aromatic rings. The van der Waals surface area contributed by atoms with E-state index in [-0.39, 0.29) is 0 Å². The van der Waals surface area contributed by atoms with Crippen molar-refractivity contribution in [3.63, 3.8) is 0 Å². The predicted octanol–water partition coefficient (Wildman–Crippen LogP) is 2.29.